The van der Waals surface area contributed by atoms with Gasteiger partial charge in [-0.25, -0.2) is 0 Å². The van der Waals surface area contributed by atoms with Crippen molar-refractivity contribution in [2.24, 2.45) is 13.0 Å². The van der Waals surface area contributed by atoms with Crippen molar-refractivity contribution in [1.82, 2.24) is 15.1 Å². The molecule has 1 fully saturated rings. The van der Waals surface area contributed by atoms with Crippen molar-refractivity contribution in [2.75, 3.05) is 6.54 Å². The fraction of sp³-hybridized carbons (Fsp3) is 0.769. The summed E-state index contributed by atoms with van der Waals surface area (Å²) in [6.07, 6.45) is 4.92. The Morgan fingerprint density at radius 3 is 2.89 bits per heavy atom. The van der Waals surface area contributed by atoms with Crippen LogP contribution in [0.3, 0.4) is 0 Å². The van der Waals surface area contributed by atoms with Crippen molar-refractivity contribution in [2.45, 2.75) is 44.5 Å². The molecule has 0 aliphatic heterocycles. The Bertz CT molecular complexity index is 405. The highest BCUT2D eigenvalue weighted by molar-refractivity contribution is 9.10. The van der Waals surface area contributed by atoms with Crippen molar-refractivity contribution >= 4 is 27.5 Å². The second-order valence-electron chi connectivity index (χ2n) is 5.23. The number of aromatic nitrogens is 2. The Hall–Kier alpha value is -0.0600. The summed E-state index contributed by atoms with van der Waals surface area (Å²) in [4.78, 5) is 0. The second kappa shape index (κ2) is 6.40. The van der Waals surface area contributed by atoms with Gasteiger partial charge < -0.3 is 5.32 Å². The Kier molecular flexibility index (Phi) is 5.10. The van der Waals surface area contributed by atoms with Crippen molar-refractivity contribution in [3.8, 4) is 0 Å². The first kappa shape index (κ1) is 14.4. The van der Waals surface area contributed by atoms with Crippen molar-refractivity contribution < 1.29 is 0 Å². The van der Waals surface area contributed by atoms with Crippen molar-refractivity contribution in [3.05, 3.63) is 15.9 Å². The molecular weight excluding hydrogens is 314 g/mol. The van der Waals surface area contributed by atoms with Crippen LogP contribution in [0, 0.1) is 12.8 Å². The maximum atomic E-state index is 6.21. The van der Waals surface area contributed by atoms with E-state index >= 15 is 0 Å². The molecule has 0 radical (unpaired) electrons. The molecule has 18 heavy (non-hydrogen) atoms. The summed E-state index contributed by atoms with van der Waals surface area (Å²) in [5, 5.41) is 8.32. The minimum absolute atomic E-state index is 0.385. The average molecular weight is 335 g/mol. The van der Waals surface area contributed by atoms with Gasteiger partial charge in [0.2, 0.25) is 0 Å². The minimum Gasteiger partial charge on any atom is -0.311 e. The van der Waals surface area contributed by atoms with Gasteiger partial charge in [-0.1, -0.05) is 6.42 Å². The summed E-state index contributed by atoms with van der Waals surface area (Å²) in [5.74, 6) is 0.731. The smallest absolute Gasteiger partial charge is 0.0739 e. The number of hydrogen-bond acceptors (Lipinski definition) is 2. The predicted molar refractivity (Wildman–Crippen MR) is 79.0 cm³/mol. The normalized spacial score (nSPS) is 24.4. The lowest BCUT2D eigenvalue weighted by Crippen LogP contribution is -2.28. The Morgan fingerprint density at radius 2 is 2.28 bits per heavy atom. The molecule has 0 spiro atoms. The minimum atomic E-state index is 0.385. The zero-order valence-electron chi connectivity index (χ0n) is 11.0. The molecule has 1 aliphatic rings. The predicted octanol–water partition coefficient (Wildman–Crippen LogP) is 3.38. The number of aryl methyl sites for hydroxylation is 2. The molecular formula is C13H21BrClN3. The summed E-state index contributed by atoms with van der Waals surface area (Å²) in [5.41, 5.74) is 2.26. The monoisotopic (exact) mass is 333 g/mol. The molecule has 5 heteroatoms. The molecule has 0 saturated heterocycles. The van der Waals surface area contributed by atoms with Crippen molar-refractivity contribution in [3.63, 3.8) is 0 Å². The van der Waals surface area contributed by atoms with Crippen LogP contribution >= 0.6 is 27.5 Å². The van der Waals surface area contributed by atoms with Gasteiger partial charge in [0.1, 0.15) is 0 Å². The fourth-order valence-electron chi connectivity index (χ4n) is 2.68. The number of alkyl halides is 1. The Balaban J connectivity index is 1.81. The van der Waals surface area contributed by atoms with Crippen LogP contribution in [-0.2, 0) is 13.6 Å². The van der Waals surface area contributed by atoms with Crippen LogP contribution in [0.5, 0.6) is 0 Å². The summed E-state index contributed by atoms with van der Waals surface area (Å²) in [6.45, 7) is 3.94. The Morgan fingerprint density at radius 1 is 1.50 bits per heavy atom. The van der Waals surface area contributed by atoms with Gasteiger partial charge in [0.25, 0.3) is 0 Å². The summed E-state index contributed by atoms with van der Waals surface area (Å²) in [6, 6.07) is 0. The van der Waals surface area contributed by atoms with E-state index in [4.69, 9.17) is 11.6 Å². The summed E-state index contributed by atoms with van der Waals surface area (Å²) in [7, 11) is 1.99. The van der Waals surface area contributed by atoms with Gasteiger partial charge in [0.15, 0.2) is 0 Å². The van der Waals surface area contributed by atoms with Gasteiger partial charge in [-0.2, -0.15) is 5.10 Å². The first-order valence-corrected chi connectivity index (χ1v) is 7.83. The largest absolute Gasteiger partial charge is 0.311 e. The molecule has 0 amide bonds. The molecule has 1 aromatic rings. The molecule has 1 heterocycles. The van der Waals surface area contributed by atoms with E-state index in [9.17, 15) is 0 Å². The zero-order chi connectivity index (χ0) is 13.1. The molecule has 0 bridgehead atoms. The number of rotatable bonds is 4. The van der Waals surface area contributed by atoms with E-state index < -0.39 is 0 Å². The molecule has 2 atom stereocenters. The van der Waals surface area contributed by atoms with Gasteiger partial charge in [0, 0.05) is 19.0 Å². The lowest BCUT2D eigenvalue weighted by atomic mass is 9.89. The molecule has 2 rings (SSSR count). The third-order valence-electron chi connectivity index (χ3n) is 3.71. The van der Waals surface area contributed by atoms with Gasteiger partial charge in [-0.15, -0.1) is 11.6 Å². The molecule has 2 unspecified atom stereocenters. The number of halogens is 2. The van der Waals surface area contributed by atoms with Crippen LogP contribution in [-0.4, -0.2) is 21.7 Å². The Labute approximate surface area is 122 Å². The fourth-order valence-corrected chi connectivity index (χ4v) is 3.56. The molecule has 1 saturated carbocycles. The number of nitrogens with zero attached hydrogens (tertiary/aromatic N) is 2. The number of hydrogen-bond donors (Lipinski definition) is 1. The van der Waals surface area contributed by atoms with E-state index in [1.807, 2.05) is 18.7 Å². The topological polar surface area (TPSA) is 29.9 Å². The van der Waals surface area contributed by atoms with Crippen LogP contribution in [0.1, 0.15) is 37.1 Å². The highest BCUT2D eigenvalue weighted by Gasteiger charge is 2.20. The zero-order valence-corrected chi connectivity index (χ0v) is 13.4. The molecule has 102 valence electrons. The van der Waals surface area contributed by atoms with Gasteiger partial charge in [0.05, 0.1) is 15.9 Å². The van der Waals surface area contributed by atoms with Crippen LogP contribution < -0.4 is 5.32 Å². The first-order chi connectivity index (χ1) is 8.58. The lowest BCUT2D eigenvalue weighted by molar-refractivity contribution is 0.345. The van der Waals surface area contributed by atoms with Crippen LogP contribution in [0.2, 0.25) is 0 Å². The van der Waals surface area contributed by atoms with E-state index in [2.05, 4.69) is 26.3 Å². The van der Waals surface area contributed by atoms with Crippen LogP contribution in [0.4, 0.5) is 0 Å². The summed E-state index contributed by atoms with van der Waals surface area (Å²) < 4.78 is 3.06. The molecule has 1 aliphatic carbocycles. The first-order valence-electron chi connectivity index (χ1n) is 6.60. The van der Waals surface area contributed by atoms with Gasteiger partial charge >= 0.3 is 0 Å². The van der Waals surface area contributed by atoms with E-state index in [0.717, 1.165) is 35.6 Å². The van der Waals surface area contributed by atoms with E-state index in [1.165, 1.54) is 25.0 Å². The standard InChI is InChI=1S/C13H21BrClN3/c1-9-13(14)12(18(2)17-9)8-16-7-10-4-3-5-11(15)6-10/h10-11,16H,3-8H2,1-2H3. The molecule has 3 nitrogen and oxygen atoms in total. The van der Waals surface area contributed by atoms with E-state index in [1.54, 1.807) is 0 Å². The number of nitrogens with one attached hydrogen (secondary N) is 1. The highest BCUT2D eigenvalue weighted by atomic mass is 79.9. The third kappa shape index (κ3) is 3.49. The maximum Gasteiger partial charge on any atom is 0.0739 e. The van der Waals surface area contributed by atoms with Gasteiger partial charge in [-0.05, 0) is 54.6 Å². The quantitative estimate of drug-likeness (QED) is 0.856. The van der Waals surface area contributed by atoms with Gasteiger partial charge in [-0.3, -0.25) is 4.68 Å². The maximum absolute atomic E-state index is 6.21. The van der Waals surface area contributed by atoms with Crippen LogP contribution in [0.25, 0.3) is 0 Å². The lowest BCUT2D eigenvalue weighted by Gasteiger charge is -2.25. The van der Waals surface area contributed by atoms with E-state index in [0.29, 0.717) is 5.38 Å². The van der Waals surface area contributed by atoms with E-state index in [-0.39, 0.29) is 0 Å². The molecule has 1 aromatic heterocycles. The summed E-state index contributed by atoms with van der Waals surface area (Å²) >= 11 is 9.80. The third-order valence-corrected chi connectivity index (χ3v) is 5.13. The molecule has 0 aromatic carbocycles. The molecule has 1 N–H and O–H groups in total. The van der Waals surface area contributed by atoms with Crippen LogP contribution in [0.15, 0.2) is 4.47 Å². The SMILES string of the molecule is Cc1nn(C)c(CNCC2CCCC(Cl)C2)c1Br. The van der Waals surface area contributed by atoms with Crippen molar-refractivity contribution in [1.29, 1.82) is 0 Å². The average Bonchev–Trinajstić information content (AvgIpc) is 2.56. The highest BCUT2D eigenvalue weighted by Crippen LogP contribution is 2.27. The second-order valence-corrected chi connectivity index (χ2v) is 6.64.